The molecule has 2 atom stereocenters. The topological polar surface area (TPSA) is 77.8 Å². The molecule has 0 saturated carbocycles. The van der Waals surface area contributed by atoms with Crippen molar-refractivity contribution in [2.24, 2.45) is 0 Å². The zero-order valence-electron chi connectivity index (χ0n) is 15.1. The number of hydrogen-bond acceptors (Lipinski definition) is 6. The molecule has 2 heterocycles. The van der Waals surface area contributed by atoms with E-state index in [9.17, 15) is 10.2 Å². The molecule has 26 heavy (non-hydrogen) atoms. The fourth-order valence-corrected chi connectivity index (χ4v) is 3.49. The lowest BCUT2D eigenvalue weighted by Gasteiger charge is -2.49. The molecule has 0 radical (unpaired) electrons. The molecule has 3 rings (SSSR count). The normalized spacial score (nSPS) is 23.7. The number of nitrogens with one attached hydrogen (secondary N) is 1. The Labute approximate surface area is 154 Å². The van der Waals surface area contributed by atoms with E-state index in [2.05, 4.69) is 34.3 Å². The fourth-order valence-electron chi connectivity index (χ4n) is 3.49. The summed E-state index contributed by atoms with van der Waals surface area (Å²) >= 11 is 0. The van der Waals surface area contributed by atoms with Crippen LogP contribution in [0.1, 0.15) is 18.1 Å². The molecule has 1 fully saturated rings. The summed E-state index contributed by atoms with van der Waals surface area (Å²) in [4.78, 5) is 6.36. The molecule has 1 aromatic heterocycles. The fraction of sp³-hybridized carbons (Fsp3) is 0.450. The van der Waals surface area contributed by atoms with Crippen LogP contribution < -0.4 is 5.32 Å². The molecule has 6 nitrogen and oxygen atoms in total. The van der Waals surface area contributed by atoms with Crippen LogP contribution in [-0.2, 0) is 17.9 Å². The number of aromatic nitrogens is 1. The first-order valence-electron chi connectivity index (χ1n) is 8.95. The van der Waals surface area contributed by atoms with Gasteiger partial charge in [-0.05, 0) is 18.6 Å². The number of aliphatic hydroxyl groups excluding tert-OH is 2. The number of rotatable bonds is 7. The van der Waals surface area contributed by atoms with Gasteiger partial charge in [-0.3, -0.25) is 9.88 Å². The number of nitrogens with zero attached hydrogens (tertiary/aromatic N) is 2. The number of anilines is 1. The van der Waals surface area contributed by atoms with Gasteiger partial charge in [0.05, 0.1) is 32.0 Å². The Balaban J connectivity index is 1.81. The van der Waals surface area contributed by atoms with Crippen LogP contribution in [0.5, 0.6) is 0 Å². The van der Waals surface area contributed by atoms with Crippen LogP contribution in [-0.4, -0.2) is 58.0 Å². The summed E-state index contributed by atoms with van der Waals surface area (Å²) in [6.45, 7) is 4.38. The summed E-state index contributed by atoms with van der Waals surface area (Å²) < 4.78 is 5.80. The molecule has 0 bridgehead atoms. The van der Waals surface area contributed by atoms with Gasteiger partial charge in [-0.1, -0.05) is 30.3 Å². The predicted molar refractivity (Wildman–Crippen MR) is 101 cm³/mol. The summed E-state index contributed by atoms with van der Waals surface area (Å²) in [7, 11) is 0. The maximum absolute atomic E-state index is 10.3. The van der Waals surface area contributed by atoms with Crippen LogP contribution in [0.25, 0.3) is 0 Å². The molecular formula is C20H27N3O3. The number of benzene rings is 1. The lowest BCUT2D eigenvalue weighted by Crippen LogP contribution is -2.65. The van der Waals surface area contributed by atoms with Crippen LogP contribution in [0, 0.1) is 0 Å². The predicted octanol–water partition coefficient (Wildman–Crippen LogP) is 1.64. The second-order valence-corrected chi connectivity index (χ2v) is 6.90. The molecule has 2 aromatic rings. The minimum atomic E-state index is -0.538. The highest BCUT2D eigenvalue weighted by atomic mass is 16.5. The molecule has 140 valence electrons. The monoisotopic (exact) mass is 357 g/mol. The highest BCUT2D eigenvalue weighted by Gasteiger charge is 2.42. The third kappa shape index (κ3) is 4.04. The molecule has 1 aromatic carbocycles. The van der Waals surface area contributed by atoms with Crippen molar-refractivity contribution in [1.29, 1.82) is 0 Å². The summed E-state index contributed by atoms with van der Waals surface area (Å²) in [5.74, 6) is 0. The molecule has 6 heteroatoms. The van der Waals surface area contributed by atoms with Gasteiger partial charge < -0.3 is 20.3 Å². The standard InChI is InChI=1S/C20H27N3O3/c1-16-12-26-15-20(14-25,23(16)10-17-5-3-2-4-6-17)13-22-19-7-8-21-9-18(19)11-24/h2-9,16,24-25H,10-15H2,1H3,(H,21,22)/t16-,20+/m1/s1. The zero-order chi connectivity index (χ0) is 18.4. The van der Waals surface area contributed by atoms with Gasteiger partial charge in [-0.15, -0.1) is 0 Å². The van der Waals surface area contributed by atoms with Crippen LogP contribution >= 0.6 is 0 Å². The Morgan fingerprint density at radius 3 is 2.81 bits per heavy atom. The summed E-state index contributed by atoms with van der Waals surface area (Å²) in [5, 5.41) is 23.2. The molecule has 0 unspecified atom stereocenters. The van der Waals surface area contributed by atoms with Crippen molar-refractivity contribution in [1.82, 2.24) is 9.88 Å². The van der Waals surface area contributed by atoms with E-state index in [1.807, 2.05) is 24.3 Å². The van der Waals surface area contributed by atoms with Crippen molar-refractivity contribution in [3.05, 3.63) is 59.9 Å². The molecule has 1 aliphatic rings. The molecule has 3 N–H and O–H groups in total. The summed E-state index contributed by atoms with van der Waals surface area (Å²) in [5.41, 5.74) is 2.23. The number of aliphatic hydroxyl groups is 2. The molecular weight excluding hydrogens is 330 g/mol. The minimum Gasteiger partial charge on any atom is -0.394 e. The maximum Gasteiger partial charge on any atom is 0.0856 e. The first-order chi connectivity index (χ1) is 12.7. The third-order valence-corrected chi connectivity index (χ3v) is 5.04. The Morgan fingerprint density at radius 2 is 2.08 bits per heavy atom. The van der Waals surface area contributed by atoms with Crippen molar-refractivity contribution in [3.63, 3.8) is 0 Å². The Kier molecular flexibility index (Phi) is 6.21. The van der Waals surface area contributed by atoms with E-state index in [1.165, 1.54) is 5.56 Å². The van der Waals surface area contributed by atoms with Gasteiger partial charge in [0.25, 0.3) is 0 Å². The first kappa shape index (κ1) is 18.8. The SMILES string of the molecule is C[C@@H]1COC[C@@](CO)(CNc2ccncc2CO)N1Cc1ccccc1. The van der Waals surface area contributed by atoms with Crippen molar-refractivity contribution >= 4 is 5.69 Å². The zero-order valence-corrected chi connectivity index (χ0v) is 15.1. The van der Waals surface area contributed by atoms with Crippen molar-refractivity contribution in [3.8, 4) is 0 Å². The van der Waals surface area contributed by atoms with E-state index in [1.54, 1.807) is 12.4 Å². The van der Waals surface area contributed by atoms with Crippen LogP contribution in [0.3, 0.4) is 0 Å². The van der Waals surface area contributed by atoms with Gasteiger partial charge in [0, 0.05) is 42.8 Å². The van der Waals surface area contributed by atoms with E-state index in [4.69, 9.17) is 4.74 Å². The van der Waals surface area contributed by atoms with Gasteiger partial charge in [-0.2, -0.15) is 0 Å². The number of pyridine rings is 1. The van der Waals surface area contributed by atoms with E-state index in [-0.39, 0.29) is 19.3 Å². The highest BCUT2D eigenvalue weighted by molar-refractivity contribution is 5.49. The molecule has 0 aliphatic carbocycles. The van der Waals surface area contributed by atoms with Gasteiger partial charge in [-0.25, -0.2) is 0 Å². The number of hydrogen-bond donors (Lipinski definition) is 3. The first-order valence-corrected chi connectivity index (χ1v) is 8.95. The summed E-state index contributed by atoms with van der Waals surface area (Å²) in [6, 6.07) is 12.3. The average molecular weight is 357 g/mol. The van der Waals surface area contributed by atoms with Crippen molar-refractivity contribution < 1.29 is 14.9 Å². The van der Waals surface area contributed by atoms with Gasteiger partial charge in [0.1, 0.15) is 0 Å². The van der Waals surface area contributed by atoms with Crippen molar-refractivity contribution in [2.75, 3.05) is 31.7 Å². The van der Waals surface area contributed by atoms with Gasteiger partial charge in [0.15, 0.2) is 0 Å². The average Bonchev–Trinajstić information content (AvgIpc) is 2.69. The van der Waals surface area contributed by atoms with Gasteiger partial charge >= 0.3 is 0 Å². The largest absolute Gasteiger partial charge is 0.394 e. The molecule has 1 aliphatic heterocycles. The van der Waals surface area contributed by atoms with Gasteiger partial charge in [0.2, 0.25) is 0 Å². The summed E-state index contributed by atoms with van der Waals surface area (Å²) in [6.07, 6.45) is 3.34. The third-order valence-electron chi connectivity index (χ3n) is 5.04. The van der Waals surface area contributed by atoms with E-state index < -0.39 is 5.54 Å². The smallest absolute Gasteiger partial charge is 0.0856 e. The van der Waals surface area contributed by atoms with E-state index in [0.717, 1.165) is 17.8 Å². The Hall–Kier alpha value is -1.99. The van der Waals surface area contributed by atoms with Crippen molar-refractivity contribution in [2.45, 2.75) is 31.7 Å². The molecule has 1 saturated heterocycles. The van der Waals surface area contributed by atoms with Crippen LogP contribution in [0.4, 0.5) is 5.69 Å². The lowest BCUT2D eigenvalue weighted by atomic mass is 9.93. The van der Waals surface area contributed by atoms with E-state index in [0.29, 0.717) is 19.8 Å². The number of ether oxygens (including phenoxy) is 1. The second kappa shape index (κ2) is 8.60. The van der Waals surface area contributed by atoms with Crippen LogP contribution in [0.2, 0.25) is 0 Å². The lowest BCUT2D eigenvalue weighted by molar-refractivity contribution is -0.117. The molecule has 0 amide bonds. The highest BCUT2D eigenvalue weighted by Crippen LogP contribution is 2.27. The minimum absolute atomic E-state index is 0.0171. The number of morpholine rings is 1. The molecule has 0 spiro atoms. The quantitative estimate of drug-likeness (QED) is 0.699. The maximum atomic E-state index is 10.3. The second-order valence-electron chi connectivity index (χ2n) is 6.90. The van der Waals surface area contributed by atoms with Crippen LogP contribution in [0.15, 0.2) is 48.8 Å². The van der Waals surface area contributed by atoms with E-state index >= 15 is 0 Å². The Bertz CT molecular complexity index is 698. The Morgan fingerprint density at radius 1 is 1.27 bits per heavy atom.